The molecular formula is C10H18O. The first kappa shape index (κ1) is 8.63. The van der Waals surface area contributed by atoms with Gasteiger partial charge >= 0.3 is 0 Å². The Morgan fingerprint density at radius 3 is 2.64 bits per heavy atom. The summed E-state index contributed by atoms with van der Waals surface area (Å²) in [6.07, 6.45) is 5.72. The van der Waals surface area contributed by atoms with Gasteiger partial charge in [0.25, 0.3) is 0 Å². The van der Waals surface area contributed by atoms with Gasteiger partial charge in [-0.05, 0) is 24.3 Å². The van der Waals surface area contributed by atoms with Crippen LogP contribution >= 0.6 is 0 Å². The van der Waals surface area contributed by atoms with Gasteiger partial charge < -0.3 is 4.74 Å². The number of rotatable bonds is 1. The Balaban J connectivity index is 2.34. The highest BCUT2D eigenvalue weighted by Crippen LogP contribution is 2.23. The molecule has 0 amide bonds. The molecule has 1 saturated heterocycles. The third-order valence-electron chi connectivity index (χ3n) is 1.80. The van der Waals surface area contributed by atoms with Gasteiger partial charge in [-0.25, -0.2) is 0 Å². The molecule has 0 N–H and O–H groups in total. The van der Waals surface area contributed by atoms with Gasteiger partial charge in [0.15, 0.2) is 0 Å². The van der Waals surface area contributed by atoms with Crippen molar-refractivity contribution in [3.8, 4) is 0 Å². The van der Waals surface area contributed by atoms with Crippen LogP contribution in [0.3, 0.4) is 0 Å². The summed E-state index contributed by atoms with van der Waals surface area (Å²) in [4.78, 5) is 0. The van der Waals surface area contributed by atoms with Crippen molar-refractivity contribution in [3.63, 3.8) is 0 Å². The molecule has 0 bridgehead atoms. The predicted octanol–water partition coefficient (Wildman–Crippen LogP) is 3.12. The highest BCUT2D eigenvalue weighted by Gasteiger charge is 2.11. The molecule has 0 atom stereocenters. The third-order valence-corrected chi connectivity index (χ3v) is 1.80. The lowest BCUT2D eigenvalue weighted by Crippen LogP contribution is -2.02. The van der Waals surface area contributed by atoms with E-state index in [0.717, 1.165) is 19.4 Å². The summed E-state index contributed by atoms with van der Waals surface area (Å²) >= 11 is 0. The van der Waals surface area contributed by atoms with E-state index in [9.17, 15) is 0 Å². The highest BCUT2D eigenvalue weighted by molar-refractivity contribution is 4.97. The third kappa shape index (κ3) is 3.45. The minimum absolute atomic E-state index is 0.402. The lowest BCUT2D eigenvalue weighted by molar-refractivity contribution is 0.259. The second-order valence-electron chi connectivity index (χ2n) is 4.39. The number of allylic oxidation sites excluding steroid dienone is 2. The van der Waals surface area contributed by atoms with Crippen LogP contribution in [0.5, 0.6) is 0 Å². The maximum Gasteiger partial charge on any atom is 0.0921 e. The van der Waals surface area contributed by atoms with Gasteiger partial charge in [0.05, 0.1) is 12.4 Å². The van der Waals surface area contributed by atoms with Crippen LogP contribution in [-0.2, 0) is 4.74 Å². The Bertz CT molecular complexity index is 143. The molecule has 0 aromatic carbocycles. The molecular weight excluding hydrogens is 136 g/mol. The summed E-state index contributed by atoms with van der Waals surface area (Å²) in [6, 6.07) is 0. The van der Waals surface area contributed by atoms with Gasteiger partial charge in [-0.15, -0.1) is 0 Å². The zero-order valence-electron chi connectivity index (χ0n) is 7.81. The summed E-state index contributed by atoms with van der Waals surface area (Å²) in [5.74, 6) is 1.21. The molecule has 11 heavy (non-hydrogen) atoms. The molecule has 0 aliphatic carbocycles. The van der Waals surface area contributed by atoms with E-state index in [4.69, 9.17) is 4.74 Å². The molecule has 0 aromatic rings. The summed E-state index contributed by atoms with van der Waals surface area (Å²) in [6.45, 7) is 7.67. The molecule has 1 rings (SSSR count). The lowest BCUT2D eigenvalue weighted by Gasteiger charge is -2.15. The summed E-state index contributed by atoms with van der Waals surface area (Å²) < 4.78 is 5.41. The van der Waals surface area contributed by atoms with E-state index in [1.165, 1.54) is 12.2 Å². The van der Waals surface area contributed by atoms with Gasteiger partial charge in [0.1, 0.15) is 0 Å². The van der Waals surface area contributed by atoms with E-state index in [2.05, 4.69) is 26.8 Å². The molecule has 0 aromatic heterocycles. The van der Waals surface area contributed by atoms with E-state index in [-0.39, 0.29) is 0 Å². The van der Waals surface area contributed by atoms with E-state index in [0.29, 0.717) is 5.41 Å². The number of ether oxygens (including phenoxy) is 1. The first-order chi connectivity index (χ1) is 5.08. The Hall–Kier alpha value is -0.460. The minimum atomic E-state index is 0.402. The van der Waals surface area contributed by atoms with Crippen molar-refractivity contribution in [2.24, 2.45) is 5.41 Å². The molecule has 1 nitrogen and oxygen atoms in total. The van der Waals surface area contributed by atoms with Crippen LogP contribution in [-0.4, -0.2) is 6.61 Å². The van der Waals surface area contributed by atoms with Crippen LogP contribution in [0.15, 0.2) is 11.8 Å². The fourth-order valence-electron chi connectivity index (χ4n) is 1.10. The quantitative estimate of drug-likeness (QED) is 0.564. The van der Waals surface area contributed by atoms with Crippen molar-refractivity contribution < 1.29 is 4.74 Å². The van der Waals surface area contributed by atoms with Crippen molar-refractivity contribution in [1.29, 1.82) is 0 Å². The van der Waals surface area contributed by atoms with E-state index in [1.807, 2.05) is 0 Å². The van der Waals surface area contributed by atoms with Gasteiger partial charge in [0.2, 0.25) is 0 Å². The number of hydrogen-bond acceptors (Lipinski definition) is 1. The van der Waals surface area contributed by atoms with Crippen LogP contribution < -0.4 is 0 Å². The lowest BCUT2D eigenvalue weighted by atomic mass is 9.92. The molecule has 1 aliphatic heterocycles. The normalized spacial score (nSPS) is 22.3. The van der Waals surface area contributed by atoms with E-state index < -0.39 is 0 Å². The van der Waals surface area contributed by atoms with E-state index >= 15 is 0 Å². The molecule has 0 unspecified atom stereocenters. The molecule has 1 aliphatic rings. The average molecular weight is 154 g/mol. The van der Waals surface area contributed by atoms with Crippen LogP contribution in [0, 0.1) is 5.41 Å². The molecule has 0 spiro atoms. The fraction of sp³-hybridized carbons (Fsp3) is 0.800. The Morgan fingerprint density at radius 1 is 1.45 bits per heavy atom. The van der Waals surface area contributed by atoms with Crippen molar-refractivity contribution >= 4 is 0 Å². The summed E-state index contributed by atoms with van der Waals surface area (Å²) in [7, 11) is 0. The molecule has 0 saturated carbocycles. The van der Waals surface area contributed by atoms with Gasteiger partial charge in [-0.3, -0.25) is 0 Å². The Morgan fingerprint density at radius 2 is 2.18 bits per heavy atom. The Labute approximate surface area is 69.4 Å². The van der Waals surface area contributed by atoms with Crippen molar-refractivity contribution in [3.05, 3.63) is 11.8 Å². The largest absolute Gasteiger partial charge is 0.498 e. The van der Waals surface area contributed by atoms with Crippen LogP contribution in [0.25, 0.3) is 0 Å². The average Bonchev–Trinajstić information content (AvgIpc) is 2.32. The first-order valence-corrected chi connectivity index (χ1v) is 4.40. The topological polar surface area (TPSA) is 9.23 Å². The Kier molecular flexibility index (Phi) is 2.58. The van der Waals surface area contributed by atoms with Crippen LogP contribution in [0.4, 0.5) is 0 Å². The second-order valence-corrected chi connectivity index (χ2v) is 4.39. The molecule has 1 fully saturated rings. The van der Waals surface area contributed by atoms with Crippen molar-refractivity contribution in [1.82, 2.24) is 0 Å². The fourth-order valence-corrected chi connectivity index (χ4v) is 1.10. The molecule has 64 valence electrons. The first-order valence-electron chi connectivity index (χ1n) is 4.40. The SMILES string of the molecule is CC(C)(C)C/C=C1\CCCO1. The van der Waals surface area contributed by atoms with Gasteiger partial charge in [-0.1, -0.05) is 20.8 Å². The standard InChI is InChI=1S/C10H18O/c1-10(2,3)7-6-9-5-4-8-11-9/h6H,4-5,7-8H2,1-3H3/b9-6+. The zero-order chi connectivity index (χ0) is 8.32. The highest BCUT2D eigenvalue weighted by atomic mass is 16.5. The van der Waals surface area contributed by atoms with Crippen LogP contribution in [0.2, 0.25) is 0 Å². The maximum atomic E-state index is 5.41. The predicted molar refractivity (Wildman–Crippen MR) is 47.3 cm³/mol. The van der Waals surface area contributed by atoms with Crippen LogP contribution in [0.1, 0.15) is 40.0 Å². The van der Waals surface area contributed by atoms with E-state index in [1.54, 1.807) is 0 Å². The van der Waals surface area contributed by atoms with Crippen molar-refractivity contribution in [2.75, 3.05) is 6.61 Å². The molecule has 1 heteroatoms. The maximum absolute atomic E-state index is 5.41. The summed E-state index contributed by atoms with van der Waals surface area (Å²) in [5.41, 5.74) is 0.402. The molecule has 0 radical (unpaired) electrons. The minimum Gasteiger partial charge on any atom is -0.498 e. The molecule has 1 heterocycles. The van der Waals surface area contributed by atoms with Gasteiger partial charge in [-0.2, -0.15) is 0 Å². The number of hydrogen-bond donors (Lipinski definition) is 0. The van der Waals surface area contributed by atoms with Crippen molar-refractivity contribution in [2.45, 2.75) is 40.0 Å². The monoisotopic (exact) mass is 154 g/mol. The smallest absolute Gasteiger partial charge is 0.0921 e. The second kappa shape index (κ2) is 3.29. The zero-order valence-corrected chi connectivity index (χ0v) is 7.81. The summed E-state index contributed by atoms with van der Waals surface area (Å²) in [5, 5.41) is 0. The van der Waals surface area contributed by atoms with Gasteiger partial charge in [0, 0.05) is 6.42 Å².